The van der Waals surface area contributed by atoms with Gasteiger partial charge in [0.15, 0.2) is 5.78 Å². The van der Waals surface area contributed by atoms with E-state index in [0.717, 1.165) is 22.5 Å². The normalized spacial score (nSPS) is 15.9. The molecule has 4 aromatic rings. The summed E-state index contributed by atoms with van der Waals surface area (Å²) >= 11 is 0. The van der Waals surface area contributed by atoms with Gasteiger partial charge in [-0.15, -0.1) is 0 Å². The molecular formula is C25H21NO4. The summed E-state index contributed by atoms with van der Waals surface area (Å²) < 4.78 is 12.8. The highest BCUT2D eigenvalue weighted by atomic mass is 16.5. The Labute approximate surface area is 173 Å². The van der Waals surface area contributed by atoms with Crippen LogP contribution in [0.25, 0.3) is 10.9 Å². The van der Waals surface area contributed by atoms with Crippen LogP contribution in [0.3, 0.4) is 0 Å². The average molecular weight is 399 g/mol. The van der Waals surface area contributed by atoms with Crippen molar-refractivity contribution < 1.29 is 18.7 Å². The molecule has 1 aliphatic carbocycles. The third-order valence-electron chi connectivity index (χ3n) is 5.88. The van der Waals surface area contributed by atoms with Gasteiger partial charge in [0.05, 0.1) is 24.5 Å². The first-order chi connectivity index (χ1) is 14.7. The molecule has 5 rings (SSSR count). The Balaban J connectivity index is 1.74. The lowest BCUT2D eigenvalue weighted by atomic mass is 9.83. The number of hydrogen-bond acceptors (Lipinski definition) is 4. The highest BCUT2D eigenvalue weighted by Crippen LogP contribution is 2.40. The summed E-state index contributed by atoms with van der Waals surface area (Å²) in [5.41, 5.74) is 4.03. The number of ether oxygens (including phenoxy) is 1. The Morgan fingerprint density at radius 2 is 1.90 bits per heavy atom. The largest absolute Gasteiger partial charge is 0.469 e. The number of Topliss-reactive ketones (excluding diaryl/α,β-unsaturated/α-hetero) is 1. The zero-order chi connectivity index (χ0) is 20.7. The van der Waals surface area contributed by atoms with Crippen LogP contribution in [-0.4, -0.2) is 23.4 Å². The molecule has 0 radical (unpaired) electrons. The van der Waals surface area contributed by atoms with Crippen LogP contribution in [0.5, 0.6) is 0 Å². The van der Waals surface area contributed by atoms with Crippen molar-refractivity contribution in [2.24, 2.45) is 0 Å². The number of fused-ring (bicyclic) bond motifs is 3. The van der Waals surface area contributed by atoms with E-state index in [9.17, 15) is 9.59 Å². The van der Waals surface area contributed by atoms with E-state index >= 15 is 0 Å². The van der Waals surface area contributed by atoms with Crippen molar-refractivity contribution >= 4 is 22.7 Å². The minimum atomic E-state index is -0.429. The standard InChI is InChI=1S/C25H21NO4/c1-29-25(28)18-9-5-10-19-23(18)24-20(26(19)15-16-7-3-2-4-8-16)13-17(14-21(24)27)22-11-6-12-30-22/h2-12,17H,13-15H2,1H3. The van der Waals surface area contributed by atoms with Crippen molar-refractivity contribution in [2.75, 3.05) is 7.11 Å². The number of benzene rings is 2. The maximum Gasteiger partial charge on any atom is 0.338 e. The van der Waals surface area contributed by atoms with E-state index in [1.165, 1.54) is 7.11 Å². The Hall–Kier alpha value is -3.60. The van der Waals surface area contributed by atoms with E-state index in [0.29, 0.717) is 35.9 Å². The Bertz CT molecular complexity index is 1240. The number of carbonyl (C=O) groups is 2. The topological polar surface area (TPSA) is 61.4 Å². The zero-order valence-corrected chi connectivity index (χ0v) is 16.6. The molecule has 30 heavy (non-hydrogen) atoms. The van der Waals surface area contributed by atoms with Crippen LogP contribution in [0.2, 0.25) is 0 Å². The van der Waals surface area contributed by atoms with Crippen LogP contribution in [-0.2, 0) is 17.7 Å². The number of carbonyl (C=O) groups excluding carboxylic acids is 2. The molecule has 150 valence electrons. The third-order valence-corrected chi connectivity index (χ3v) is 5.88. The van der Waals surface area contributed by atoms with E-state index in [4.69, 9.17) is 9.15 Å². The minimum absolute atomic E-state index is 0.0135. The molecule has 5 heteroatoms. The number of rotatable bonds is 4. The van der Waals surface area contributed by atoms with Crippen LogP contribution in [0.15, 0.2) is 71.3 Å². The van der Waals surface area contributed by atoms with Crippen LogP contribution in [0.4, 0.5) is 0 Å². The van der Waals surface area contributed by atoms with Gasteiger partial charge >= 0.3 is 5.97 Å². The fourth-order valence-electron chi connectivity index (χ4n) is 4.55. The monoisotopic (exact) mass is 399 g/mol. The van der Waals surface area contributed by atoms with E-state index in [1.807, 2.05) is 42.5 Å². The highest BCUT2D eigenvalue weighted by molar-refractivity contribution is 6.16. The van der Waals surface area contributed by atoms with Gasteiger partial charge in [0.1, 0.15) is 5.76 Å². The molecule has 0 N–H and O–H groups in total. The summed E-state index contributed by atoms with van der Waals surface area (Å²) in [6.07, 6.45) is 2.68. The summed E-state index contributed by atoms with van der Waals surface area (Å²) in [6, 6.07) is 19.4. The molecule has 2 aromatic heterocycles. The summed E-state index contributed by atoms with van der Waals surface area (Å²) in [5.74, 6) is 0.408. The zero-order valence-electron chi connectivity index (χ0n) is 16.6. The van der Waals surface area contributed by atoms with Gasteiger partial charge in [-0.1, -0.05) is 36.4 Å². The van der Waals surface area contributed by atoms with Crippen LogP contribution in [0.1, 0.15) is 50.1 Å². The SMILES string of the molecule is COC(=O)c1cccc2c1c1c(n2Cc2ccccc2)CC(c2ccco2)CC1=O. The fraction of sp³-hybridized carbons (Fsp3) is 0.200. The quantitative estimate of drug-likeness (QED) is 0.454. The molecule has 2 heterocycles. The maximum absolute atomic E-state index is 13.3. The molecular weight excluding hydrogens is 378 g/mol. The van der Waals surface area contributed by atoms with Gasteiger partial charge in [-0.05, 0) is 36.2 Å². The van der Waals surface area contributed by atoms with Gasteiger partial charge in [-0.3, -0.25) is 4.79 Å². The lowest BCUT2D eigenvalue weighted by Crippen LogP contribution is -2.20. The second-order valence-corrected chi connectivity index (χ2v) is 7.63. The molecule has 1 unspecified atom stereocenters. The van der Waals surface area contributed by atoms with E-state index in [1.54, 1.807) is 12.3 Å². The maximum atomic E-state index is 13.3. The first-order valence-electron chi connectivity index (χ1n) is 10.00. The average Bonchev–Trinajstić information content (AvgIpc) is 3.41. The highest BCUT2D eigenvalue weighted by Gasteiger charge is 2.34. The van der Waals surface area contributed by atoms with Gasteiger partial charge in [-0.2, -0.15) is 0 Å². The van der Waals surface area contributed by atoms with Crippen molar-refractivity contribution in [3.8, 4) is 0 Å². The Morgan fingerprint density at radius 1 is 1.07 bits per heavy atom. The summed E-state index contributed by atoms with van der Waals surface area (Å²) in [6.45, 7) is 0.620. The van der Waals surface area contributed by atoms with Crippen LogP contribution in [0, 0.1) is 0 Å². The number of esters is 1. The molecule has 1 aliphatic rings. The lowest BCUT2D eigenvalue weighted by molar-refractivity contribution is 0.0603. The molecule has 0 fully saturated rings. The van der Waals surface area contributed by atoms with Crippen molar-refractivity contribution in [1.29, 1.82) is 0 Å². The van der Waals surface area contributed by atoms with Gasteiger partial charge in [0.2, 0.25) is 0 Å². The summed E-state index contributed by atoms with van der Waals surface area (Å²) in [4.78, 5) is 25.8. The molecule has 0 saturated carbocycles. The third kappa shape index (κ3) is 2.94. The second kappa shape index (κ2) is 7.34. The number of nitrogens with zero attached hydrogens (tertiary/aromatic N) is 1. The number of aromatic nitrogens is 1. The number of ketones is 1. The lowest BCUT2D eigenvalue weighted by Gasteiger charge is -2.22. The molecule has 2 aromatic carbocycles. The molecule has 0 bridgehead atoms. The summed E-state index contributed by atoms with van der Waals surface area (Å²) in [7, 11) is 1.36. The second-order valence-electron chi connectivity index (χ2n) is 7.63. The molecule has 0 aliphatic heterocycles. The number of hydrogen-bond donors (Lipinski definition) is 0. The smallest absolute Gasteiger partial charge is 0.338 e. The predicted molar refractivity (Wildman–Crippen MR) is 113 cm³/mol. The first-order valence-corrected chi connectivity index (χ1v) is 10.00. The van der Waals surface area contributed by atoms with Crippen LogP contribution < -0.4 is 0 Å². The van der Waals surface area contributed by atoms with E-state index in [2.05, 4.69) is 16.7 Å². The molecule has 5 nitrogen and oxygen atoms in total. The Kier molecular flexibility index (Phi) is 4.51. The van der Waals surface area contributed by atoms with Gasteiger partial charge in [-0.25, -0.2) is 4.79 Å². The van der Waals surface area contributed by atoms with Crippen molar-refractivity contribution in [3.05, 3.63) is 95.1 Å². The Morgan fingerprint density at radius 3 is 2.63 bits per heavy atom. The fourth-order valence-corrected chi connectivity index (χ4v) is 4.55. The number of methoxy groups -OCH3 is 1. The van der Waals surface area contributed by atoms with Crippen molar-refractivity contribution in [3.63, 3.8) is 0 Å². The van der Waals surface area contributed by atoms with Gasteiger partial charge in [0, 0.05) is 35.5 Å². The van der Waals surface area contributed by atoms with Crippen molar-refractivity contribution in [2.45, 2.75) is 25.3 Å². The molecule has 0 amide bonds. The van der Waals surface area contributed by atoms with Crippen LogP contribution >= 0.6 is 0 Å². The van der Waals surface area contributed by atoms with Gasteiger partial charge < -0.3 is 13.7 Å². The molecule has 0 spiro atoms. The first kappa shape index (κ1) is 18.4. The van der Waals surface area contributed by atoms with E-state index in [-0.39, 0.29) is 11.7 Å². The predicted octanol–water partition coefficient (Wildman–Crippen LogP) is 4.98. The minimum Gasteiger partial charge on any atom is -0.469 e. The number of furan rings is 1. The van der Waals surface area contributed by atoms with Gasteiger partial charge in [0.25, 0.3) is 0 Å². The summed E-state index contributed by atoms with van der Waals surface area (Å²) in [5, 5.41) is 0.693. The van der Waals surface area contributed by atoms with Crippen molar-refractivity contribution in [1.82, 2.24) is 4.57 Å². The molecule has 1 atom stereocenters. The van der Waals surface area contributed by atoms with E-state index < -0.39 is 5.97 Å². The molecule has 0 saturated heterocycles.